The molecule has 18 heavy (non-hydrogen) atoms. The minimum absolute atomic E-state index is 0.0123. The molecule has 92 valence electrons. The fourth-order valence-corrected chi connectivity index (χ4v) is 2.20. The normalized spacial score (nSPS) is 11.7. The summed E-state index contributed by atoms with van der Waals surface area (Å²) in [7, 11) is 0. The molecule has 0 atom stereocenters. The molecule has 0 aliphatic carbocycles. The van der Waals surface area contributed by atoms with Crippen LogP contribution < -0.4 is 5.56 Å². The van der Waals surface area contributed by atoms with Crippen LogP contribution >= 0.6 is 0 Å². The van der Waals surface area contributed by atoms with Crippen LogP contribution in [0.15, 0.2) is 35.6 Å². The highest BCUT2D eigenvalue weighted by Crippen LogP contribution is 2.12. The Kier molecular flexibility index (Phi) is 2.40. The lowest BCUT2D eigenvalue weighted by Crippen LogP contribution is -2.25. The van der Waals surface area contributed by atoms with Crippen LogP contribution in [0.2, 0.25) is 0 Å². The fourth-order valence-electron chi connectivity index (χ4n) is 2.20. The molecule has 3 aromatic rings. The van der Waals surface area contributed by atoms with Crippen molar-refractivity contribution < 1.29 is 0 Å². The molecule has 3 aromatic heterocycles. The lowest BCUT2D eigenvalue weighted by Gasteiger charge is -2.13. The van der Waals surface area contributed by atoms with Crippen LogP contribution in [-0.2, 0) is 6.54 Å². The summed E-state index contributed by atoms with van der Waals surface area (Å²) in [4.78, 5) is 20.8. The molecule has 0 saturated heterocycles. The first-order valence-corrected chi connectivity index (χ1v) is 5.98. The second-order valence-electron chi connectivity index (χ2n) is 4.80. The van der Waals surface area contributed by atoms with Gasteiger partial charge in [-0.25, -0.2) is 9.97 Å². The highest BCUT2D eigenvalue weighted by molar-refractivity contribution is 5.74. The minimum atomic E-state index is -0.0123. The first-order valence-electron chi connectivity index (χ1n) is 5.98. The molecule has 0 amide bonds. The van der Waals surface area contributed by atoms with E-state index in [2.05, 4.69) is 23.8 Å². The molecule has 0 aliphatic heterocycles. The number of fused-ring (bicyclic) bond motifs is 3. The van der Waals surface area contributed by atoms with Gasteiger partial charge in [0.15, 0.2) is 5.65 Å². The van der Waals surface area contributed by atoms with Crippen LogP contribution in [0.25, 0.3) is 16.7 Å². The Morgan fingerprint density at radius 2 is 2.17 bits per heavy atom. The molecule has 0 unspecified atom stereocenters. The number of nitrogens with zero attached hydrogens (tertiary/aromatic N) is 4. The number of aromatic nitrogens is 4. The smallest absolute Gasteiger partial charge is 0.277 e. The highest BCUT2D eigenvalue weighted by Gasteiger charge is 2.12. The van der Waals surface area contributed by atoms with Crippen LogP contribution in [0.5, 0.6) is 0 Å². The van der Waals surface area contributed by atoms with Gasteiger partial charge in [-0.2, -0.15) is 0 Å². The molecule has 3 rings (SSSR count). The number of imidazole rings is 1. The van der Waals surface area contributed by atoms with Gasteiger partial charge < -0.3 is 4.57 Å². The average Bonchev–Trinajstić information content (AvgIpc) is 2.83. The predicted octanol–water partition coefficient (Wildman–Crippen LogP) is 1.70. The van der Waals surface area contributed by atoms with Crippen LogP contribution in [0, 0.1) is 5.92 Å². The largest absolute Gasteiger partial charge is 0.303 e. The van der Waals surface area contributed by atoms with Crippen LogP contribution in [0.1, 0.15) is 13.8 Å². The van der Waals surface area contributed by atoms with Crippen LogP contribution in [-0.4, -0.2) is 18.9 Å². The molecule has 3 heterocycles. The van der Waals surface area contributed by atoms with Crippen molar-refractivity contribution in [2.75, 3.05) is 0 Å². The van der Waals surface area contributed by atoms with Crippen molar-refractivity contribution in [1.82, 2.24) is 18.9 Å². The highest BCUT2D eigenvalue weighted by atomic mass is 16.1. The second-order valence-corrected chi connectivity index (χ2v) is 4.80. The van der Waals surface area contributed by atoms with E-state index in [4.69, 9.17) is 0 Å². The van der Waals surface area contributed by atoms with E-state index in [9.17, 15) is 4.79 Å². The van der Waals surface area contributed by atoms with Gasteiger partial charge in [0, 0.05) is 12.7 Å². The number of pyridine rings is 1. The van der Waals surface area contributed by atoms with E-state index in [1.54, 1.807) is 27.7 Å². The number of rotatable bonds is 2. The summed E-state index contributed by atoms with van der Waals surface area (Å²) in [5.74, 6) is 0.400. The Balaban J connectivity index is 2.49. The summed E-state index contributed by atoms with van der Waals surface area (Å²) < 4.78 is 3.53. The van der Waals surface area contributed by atoms with Crippen molar-refractivity contribution in [3.63, 3.8) is 0 Å². The Morgan fingerprint density at radius 1 is 1.33 bits per heavy atom. The summed E-state index contributed by atoms with van der Waals surface area (Å²) in [5.41, 5.74) is 2.18. The molecular formula is C13H14N4O. The summed E-state index contributed by atoms with van der Waals surface area (Å²) in [6.07, 6.45) is 4.95. The molecule has 0 aliphatic rings. The fraction of sp³-hybridized carbons (Fsp3) is 0.308. The van der Waals surface area contributed by atoms with Gasteiger partial charge in [0.1, 0.15) is 11.8 Å². The summed E-state index contributed by atoms with van der Waals surface area (Å²) in [5, 5.41) is 0. The average molecular weight is 242 g/mol. The molecule has 5 heteroatoms. The van der Waals surface area contributed by atoms with E-state index >= 15 is 0 Å². The van der Waals surface area contributed by atoms with Gasteiger partial charge in [-0.15, -0.1) is 0 Å². The van der Waals surface area contributed by atoms with Crippen molar-refractivity contribution in [3.8, 4) is 0 Å². The monoisotopic (exact) mass is 242 g/mol. The topological polar surface area (TPSA) is 52.2 Å². The first kappa shape index (κ1) is 11.0. The maximum Gasteiger partial charge on any atom is 0.277 e. The van der Waals surface area contributed by atoms with E-state index in [-0.39, 0.29) is 5.56 Å². The van der Waals surface area contributed by atoms with Crippen molar-refractivity contribution in [1.29, 1.82) is 0 Å². The van der Waals surface area contributed by atoms with Gasteiger partial charge in [0.25, 0.3) is 5.56 Å². The minimum Gasteiger partial charge on any atom is -0.303 e. The van der Waals surface area contributed by atoms with Gasteiger partial charge >= 0.3 is 0 Å². The molecule has 0 saturated carbocycles. The zero-order chi connectivity index (χ0) is 12.7. The molecule has 5 nitrogen and oxygen atoms in total. The van der Waals surface area contributed by atoms with E-state index < -0.39 is 0 Å². The lowest BCUT2D eigenvalue weighted by molar-refractivity contribution is 0.524. The summed E-state index contributed by atoms with van der Waals surface area (Å²) in [6.45, 7) is 4.87. The quantitative estimate of drug-likeness (QED) is 0.687. The molecule has 0 bridgehead atoms. The van der Waals surface area contributed by atoms with E-state index in [0.717, 1.165) is 11.2 Å². The Morgan fingerprint density at radius 3 is 2.94 bits per heavy atom. The maximum atomic E-state index is 12.4. The SMILES string of the molecule is CC(C)Cn1c(=O)c2cncn2c2ncccc21. The van der Waals surface area contributed by atoms with E-state index in [1.165, 1.54) is 0 Å². The third kappa shape index (κ3) is 1.51. The number of hydrogen-bond acceptors (Lipinski definition) is 3. The molecule has 0 fully saturated rings. The predicted molar refractivity (Wildman–Crippen MR) is 69.6 cm³/mol. The summed E-state index contributed by atoms with van der Waals surface area (Å²) >= 11 is 0. The van der Waals surface area contributed by atoms with Crippen molar-refractivity contribution in [3.05, 3.63) is 41.2 Å². The van der Waals surface area contributed by atoms with Gasteiger partial charge in [0.05, 0.1) is 11.7 Å². The van der Waals surface area contributed by atoms with Crippen molar-refractivity contribution in [2.45, 2.75) is 20.4 Å². The van der Waals surface area contributed by atoms with Gasteiger partial charge in [-0.05, 0) is 18.1 Å². The van der Waals surface area contributed by atoms with Crippen molar-refractivity contribution in [2.24, 2.45) is 5.92 Å². The Labute approximate surface area is 104 Å². The van der Waals surface area contributed by atoms with Gasteiger partial charge in [-0.1, -0.05) is 13.8 Å². The maximum absolute atomic E-state index is 12.4. The van der Waals surface area contributed by atoms with Gasteiger partial charge in [-0.3, -0.25) is 9.20 Å². The molecule has 0 spiro atoms. The van der Waals surface area contributed by atoms with Crippen LogP contribution in [0.4, 0.5) is 0 Å². The van der Waals surface area contributed by atoms with E-state index in [1.807, 2.05) is 12.1 Å². The zero-order valence-corrected chi connectivity index (χ0v) is 10.4. The third-order valence-electron chi connectivity index (χ3n) is 2.94. The third-order valence-corrected chi connectivity index (χ3v) is 2.94. The number of hydrogen-bond donors (Lipinski definition) is 0. The molecule has 0 N–H and O–H groups in total. The second kappa shape index (κ2) is 3.94. The Hall–Kier alpha value is -2.17. The zero-order valence-electron chi connectivity index (χ0n) is 10.4. The molecule has 0 aromatic carbocycles. The molecule has 0 radical (unpaired) electrons. The summed E-state index contributed by atoms with van der Waals surface area (Å²) in [6, 6.07) is 3.77. The van der Waals surface area contributed by atoms with Gasteiger partial charge in [0.2, 0.25) is 0 Å². The molecular weight excluding hydrogens is 228 g/mol. The van der Waals surface area contributed by atoms with Crippen LogP contribution in [0.3, 0.4) is 0 Å². The Bertz CT molecular complexity index is 769. The van der Waals surface area contributed by atoms with Crippen molar-refractivity contribution >= 4 is 16.7 Å². The van der Waals surface area contributed by atoms with E-state index in [0.29, 0.717) is 18.0 Å². The lowest BCUT2D eigenvalue weighted by atomic mass is 10.2. The standard InChI is InChI=1S/C13H14N4O/c1-9(2)7-16-10-4-3-5-15-12(10)17-8-14-6-11(17)13(16)18/h3-6,8-9H,7H2,1-2H3. The first-order chi connectivity index (χ1) is 8.68.